The molecule has 8 atom stereocenters. The molecule has 4 fully saturated rings. The highest BCUT2D eigenvalue weighted by Gasteiger charge is 2.66. The first-order valence-electron chi connectivity index (χ1n) is 15.4. The van der Waals surface area contributed by atoms with Crippen molar-refractivity contribution in [2.24, 2.45) is 34.5 Å². The summed E-state index contributed by atoms with van der Waals surface area (Å²) in [7, 11) is 4.21. The van der Waals surface area contributed by atoms with Crippen LogP contribution in [0.15, 0.2) is 12.3 Å². The van der Waals surface area contributed by atoms with Gasteiger partial charge in [0, 0.05) is 12.7 Å². The summed E-state index contributed by atoms with van der Waals surface area (Å²) in [6.07, 6.45) is 16.5. The van der Waals surface area contributed by atoms with Crippen molar-refractivity contribution in [2.75, 3.05) is 27.2 Å². The van der Waals surface area contributed by atoms with Gasteiger partial charge in [0.05, 0.1) is 17.4 Å². The molecular formula is C32H54N2O3. The third-order valence-electron chi connectivity index (χ3n) is 12.1. The summed E-state index contributed by atoms with van der Waals surface area (Å²) in [5.74, 6) is 2.34. The Balaban J connectivity index is 1.21. The van der Waals surface area contributed by atoms with E-state index in [0.29, 0.717) is 29.1 Å². The molecule has 0 spiro atoms. The van der Waals surface area contributed by atoms with Crippen molar-refractivity contribution in [3.05, 3.63) is 23.5 Å². The summed E-state index contributed by atoms with van der Waals surface area (Å²) in [5, 5.41) is 22.8. The van der Waals surface area contributed by atoms with Gasteiger partial charge < -0.3 is 20.0 Å². The number of nitrogens with zero attached hydrogens (tertiary/aromatic N) is 2. The van der Waals surface area contributed by atoms with E-state index in [-0.39, 0.29) is 11.5 Å². The molecule has 0 aliphatic heterocycles. The zero-order chi connectivity index (χ0) is 26.4. The Kier molecular flexibility index (Phi) is 7.81. The van der Waals surface area contributed by atoms with Crippen LogP contribution < -0.4 is 4.84 Å². The molecule has 0 aromatic carbocycles. The predicted octanol–water partition coefficient (Wildman–Crippen LogP) is 5.63. The van der Waals surface area contributed by atoms with Gasteiger partial charge >= 0.3 is 0 Å². The van der Waals surface area contributed by atoms with Crippen LogP contribution in [0.1, 0.15) is 102 Å². The zero-order valence-electron chi connectivity index (χ0n) is 24.3. The maximum absolute atomic E-state index is 12.4. The summed E-state index contributed by atoms with van der Waals surface area (Å²) < 4.78 is 2.02. The minimum Gasteiger partial charge on any atom is -0.414 e. The molecule has 3 unspecified atom stereocenters. The van der Waals surface area contributed by atoms with E-state index < -0.39 is 5.60 Å². The number of aryl methyl sites for hydroxylation is 1. The lowest BCUT2D eigenvalue weighted by atomic mass is 9.43. The summed E-state index contributed by atoms with van der Waals surface area (Å²) in [5.41, 5.74) is 2.50. The van der Waals surface area contributed by atoms with Gasteiger partial charge in [0.15, 0.2) is 0 Å². The van der Waals surface area contributed by atoms with E-state index in [9.17, 15) is 10.2 Å². The molecule has 0 amide bonds. The maximum atomic E-state index is 12.4. The normalized spacial score (nSPS) is 41.4. The Labute approximate surface area is 225 Å². The first kappa shape index (κ1) is 27.5. The lowest BCUT2D eigenvalue weighted by molar-refractivity contribution is -0.210. The molecule has 37 heavy (non-hydrogen) atoms. The molecule has 5 heteroatoms. The molecule has 5 rings (SSSR count). The lowest BCUT2D eigenvalue weighted by Gasteiger charge is -2.63. The number of aromatic nitrogens is 1. The number of aliphatic hydroxyl groups is 2. The molecule has 4 aliphatic rings. The summed E-state index contributed by atoms with van der Waals surface area (Å²) in [6.45, 7) is 8.95. The first-order chi connectivity index (χ1) is 17.6. The topological polar surface area (TPSA) is 57.9 Å². The van der Waals surface area contributed by atoms with Crippen LogP contribution in [0.2, 0.25) is 0 Å². The van der Waals surface area contributed by atoms with Gasteiger partial charge in [-0.25, -0.2) is 0 Å². The molecule has 1 heterocycles. The number of hydrogen-bond donors (Lipinski definition) is 2. The lowest BCUT2D eigenvalue weighted by Crippen LogP contribution is -2.62. The number of aliphatic hydroxyl groups excluding tert-OH is 1. The van der Waals surface area contributed by atoms with Crippen molar-refractivity contribution in [1.29, 1.82) is 0 Å². The molecule has 1 aromatic heterocycles. The van der Waals surface area contributed by atoms with Gasteiger partial charge in [-0.3, -0.25) is 0 Å². The molecule has 5 nitrogen and oxygen atoms in total. The maximum Gasteiger partial charge on any atom is 0.116 e. The highest BCUT2D eigenvalue weighted by molar-refractivity contribution is 5.20. The zero-order valence-corrected chi connectivity index (χ0v) is 24.3. The van der Waals surface area contributed by atoms with Crippen molar-refractivity contribution >= 4 is 0 Å². The average Bonchev–Trinajstić information content (AvgIpc) is 3.33. The monoisotopic (exact) mass is 514 g/mol. The van der Waals surface area contributed by atoms with Crippen LogP contribution in [-0.2, 0) is 6.42 Å². The van der Waals surface area contributed by atoms with Crippen molar-refractivity contribution in [3.8, 4) is 0 Å². The smallest absolute Gasteiger partial charge is 0.116 e. The molecule has 4 saturated carbocycles. The van der Waals surface area contributed by atoms with Crippen LogP contribution in [0.3, 0.4) is 0 Å². The van der Waals surface area contributed by atoms with E-state index in [2.05, 4.69) is 52.0 Å². The first-order valence-corrected chi connectivity index (χ1v) is 15.4. The van der Waals surface area contributed by atoms with Crippen LogP contribution in [0.4, 0.5) is 0 Å². The van der Waals surface area contributed by atoms with Gasteiger partial charge in [0.25, 0.3) is 0 Å². The molecule has 2 N–H and O–H groups in total. The van der Waals surface area contributed by atoms with Gasteiger partial charge in [-0.1, -0.05) is 13.8 Å². The largest absolute Gasteiger partial charge is 0.414 e. The van der Waals surface area contributed by atoms with Crippen molar-refractivity contribution in [1.82, 2.24) is 9.63 Å². The SMILES string of the molecule is Cc1ccn(OCCCN(C)C)c1CCCC1CC[C@@]2(O)[C@@H]3CCC4CC(O)CC[C@]4(C)[C@@H]3CC[C@]12C. The standard InChI is InChI=1S/C32H54N2O3/c1-23-15-20-34(37-21-7-19-33(4)5)29(23)9-6-8-24-12-18-32(36)28-11-10-25-22-26(35)13-16-30(25,2)27(28)14-17-31(24,32)3/h15,20,24-28,35-36H,6-14,16-19,21-22H2,1-5H3/t24?,25?,26?,27-,28-,30+,31-,32-/m1/s1. The van der Waals surface area contributed by atoms with E-state index in [1.165, 1.54) is 43.4 Å². The second kappa shape index (κ2) is 10.5. The molecule has 0 radical (unpaired) electrons. The highest BCUT2D eigenvalue weighted by atomic mass is 16.7. The Hall–Kier alpha value is -1.04. The average molecular weight is 515 g/mol. The number of hydrogen-bond acceptors (Lipinski definition) is 4. The number of rotatable bonds is 9. The van der Waals surface area contributed by atoms with Crippen LogP contribution >= 0.6 is 0 Å². The molecule has 210 valence electrons. The van der Waals surface area contributed by atoms with E-state index in [1.807, 2.05) is 4.73 Å². The molecule has 4 aliphatic carbocycles. The van der Waals surface area contributed by atoms with Crippen molar-refractivity contribution < 1.29 is 15.1 Å². The van der Waals surface area contributed by atoms with Crippen molar-refractivity contribution in [3.63, 3.8) is 0 Å². The quantitative estimate of drug-likeness (QED) is 0.419. The fourth-order valence-corrected chi connectivity index (χ4v) is 9.80. The van der Waals surface area contributed by atoms with Gasteiger partial charge in [-0.2, -0.15) is 4.73 Å². The third kappa shape index (κ3) is 4.80. The van der Waals surface area contributed by atoms with E-state index >= 15 is 0 Å². The van der Waals surface area contributed by atoms with Gasteiger partial charge in [0.2, 0.25) is 0 Å². The molecule has 0 saturated heterocycles. The summed E-state index contributed by atoms with van der Waals surface area (Å²) in [4.78, 5) is 8.31. The molecule has 1 aromatic rings. The van der Waals surface area contributed by atoms with Gasteiger partial charge in [0.1, 0.15) is 6.61 Å². The number of fused-ring (bicyclic) bond motifs is 5. The minimum atomic E-state index is -0.504. The Morgan fingerprint density at radius 3 is 2.62 bits per heavy atom. The van der Waals surface area contributed by atoms with E-state index in [0.717, 1.165) is 64.5 Å². The molecule has 0 bridgehead atoms. The predicted molar refractivity (Wildman–Crippen MR) is 149 cm³/mol. The van der Waals surface area contributed by atoms with Crippen LogP contribution in [0.25, 0.3) is 0 Å². The van der Waals surface area contributed by atoms with Crippen molar-refractivity contribution in [2.45, 2.75) is 116 Å². The summed E-state index contributed by atoms with van der Waals surface area (Å²) in [6, 6.07) is 2.18. The van der Waals surface area contributed by atoms with Crippen LogP contribution in [-0.4, -0.2) is 58.8 Å². The van der Waals surface area contributed by atoms with E-state index in [4.69, 9.17) is 4.84 Å². The van der Waals surface area contributed by atoms with Gasteiger partial charge in [-0.05, 0) is 151 Å². The summed E-state index contributed by atoms with van der Waals surface area (Å²) >= 11 is 0. The fourth-order valence-electron chi connectivity index (χ4n) is 9.80. The highest BCUT2D eigenvalue weighted by Crippen LogP contribution is 2.69. The Morgan fingerprint density at radius 1 is 1.03 bits per heavy atom. The second-order valence-corrected chi connectivity index (χ2v) is 14.2. The van der Waals surface area contributed by atoms with E-state index in [1.54, 1.807) is 0 Å². The molecular weight excluding hydrogens is 460 g/mol. The van der Waals surface area contributed by atoms with Gasteiger partial charge in [-0.15, -0.1) is 0 Å². The second-order valence-electron chi connectivity index (χ2n) is 14.2. The Morgan fingerprint density at radius 2 is 1.84 bits per heavy atom. The third-order valence-corrected chi connectivity index (χ3v) is 12.1. The fraction of sp³-hybridized carbons (Fsp3) is 0.875. The van der Waals surface area contributed by atoms with Crippen LogP contribution in [0.5, 0.6) is 0 Å². The van der Waals surface area contributed by atoms with Crippen LogP contribution in [0, 0.1) is 41.4 Å². The minimum absolute atomic E-state index is 0.0469. The Bertz CT molecular complexity index is 929.